The maximum atomic E-state index is 10.0. The summed E-state index contributed by atoms with van der Waals surface area (Å²) in [5.41, 5.74) is 1.71. The summed E-state index contributed by atoms with van der Waals surface area (Å²) in [5.74, 6) is -1.24. The quantitative estimate of drug-likeness (QED) is 0.804. The molecule has 1 aliphatic heterocycles. The van der Waals surface area contributed by atoms with Crippen LogP contribution in [0.15, 0.2) is 35.5 Å². The van der Waals surface area contributed by atoms with Gasteiger partial charge in [-0.2, -0.15) is 0 Å². The maximum Gasteiger partial charge on any atom is 0.240 e. The molecule has 0 fully saturated rings. The highest BCUT2D eigenvalue weighted by Gasteiger charge is 2.36. The lowest BCUT2D eigenvalue weighted by Crippen LogP contribution is -2.28. The van der Waals surface area contributed by atoms with E-state index in [1.54, 1.807) is 0 Å². The average Bonchev–Trinajstić information content (AvgIpc) is 2.71. The normalized spacial score (nSPS) is 24.0. The summed E-state index contributed by atoms with van der Waals surface area (Å²) in [6.45, 7) is 0.0480. The third-order valence-electron chi connectivity index (χ3n) is 2.60. The van der Waals surface area contributed by atoms with E-state index in [0.29, 0.717) is 19.3 Å². The molecule has 0 aliphatic carbocycles. The number of nitrogens with zero attached hydrogens (tertiary/aromatic N) is 1. The van der Waals surface area contributed by atoms with E-state index in [9.17, 15) is 5.11 Å². The van der Waals surface area contributed by atoms with Crippen LogP contribution < -0.4 is 0 Å². The van der Waals surface area contributed by atoms with Crippen LogP contribution in [0.4, 0.5) is 0 Å². The molecule has 2 N–H and O–H groups in total. The number of hydrogen-bond acceptors (Lipinski definition) is 4. The van der Waals surface area contributed by atoms with E-state index in [2.05, 4.69) is 5.16 Å². The summed E-state index contributed by atoms with van der Waals surface area (Å²) in [6.07, 6.45) is 1.27. The van der Waals surface area contributed by atoms with E-state index < -0.39 is 5.79 Å². The van der Waals surface area contributed by atoms with Crippen molar-refractivity contribution in [3.63, 3.8) is 0 Å². The highest BCUT2D eigenvalue weighted by Crippen LogP contribution is 2.28. The topological polar surface area (TPSA) is 62.0 Å². The van der Waals surface area contributed by atoms with Gasteiger partial charge in [-0.1, -0.05) is 35.5 Å². The van der Waals surface area contributed by atoms with Crippen LogP contribution in [0.2, 0.25) is 0 Å². The zero-order valence-corrected chi connectivity index (χ0v) is 8.97. The van der Waals surface area contributed by atoms with Crippen molar-refractivity contribution >= 4 is 5.71 Å². The number of oxime groups is 1. The van der Waals surface area contributed by atoms with E-state index >= 15 is 0 Å². The zero-order valence-electron chi connectivity index (χ0n) is 8.97. The Bertz CT molecular complexity index is 377. The fraction of sp³-hybridized carbons (Fsp3) is 0.417. The van der Waals surface area contributed by atoms with E-state index in [-0.39, 0.29) is 6.61 Å². The first kappa shape index (κ1) is 11.1. The zero-order chi connectivity index (χ0) is 11.4. The molecule has 1 aromatic carbocycles. The van der Waals surface area contributed by atoms with Gasteiger partial charge in [0.1, 0.15) is 0 Å². The molecule has 1 aliphatic rings. The number of benzene rings is 1. The Morgan fingerprint density at radius 1 is 1.31 bits per heavy atom. The van der Waals surface area contributed by atoms with E-state index in [4.69, 9.17) is 9.94 Å². The minimum Gasteiger partial charge on any atom is -0.396 e. The predicted molar refractivity (Wildman–Crippen MR) is 60.0 cm³/mol. The van der Waals surface area contributed by atoms with E-state index in [1.165, 1.54) is 0 Å². The summed E-state index contributed by atoms with van der Waals surface area (Å²) >= 11 is 0. The summed E-state index contributed by atoms with van der Waals surface area (Å²) in [7, 11) is 0. The Kier molecular flexibility index (Phi) is 3.22. The molecule has 1 heterocycles. The minimum absolute atomic E-state index is 0.0480. The molecule has 4 heteroatoms. The molecule has 0 spiro atoms. The van der Waals surface area contributed by atoms with Crippen LogP contribution >= 0.6 is 0 Å². The van der Waals surface area contributed by atoms with Gasteiger partial charge in [0.15, 0.2) is 0 Å². The number of hydrogen-bond donors (Lipinski definition) is 2. The summed E-state index contributed by atoms with van der Waals surface area (Å²) in [5, 5.41) is 22.6. The molecule has 1 aromatic rings. The predicted octanol–water partition coefficient (Wildman–Crippen LogP) is 1.27. The van der Waals surface area contributed by atoms with Crippen molar-refractivity contribution in [3.8, 4) is 0 Å². The van der Waals surface area contributed by atoms with Crippen LogP contribution in [0.1, 0.15) is 24.8 Å². The van der Waals surface area contributed by atoms with Crippen LogP contribution in [-0.2, 0) is 4.84 Å². The summed E-state index contributed by atoms with van der Waals surface area (Å²) in [6, 6.07) is 9.63. The fourth-order valence-electron chi connectivity index (χ4n) is 1.74. The van der Waals surface area contributed by atoms with Crippen molar-refractivity contribution in [3.05, 3.63) is 35.9 Å². The average molecular weight is 221 g/mol. The van der Waals surface area contributed by atoms with Crippen molar-refractivity contribution in [2.45, 2.75) is 25.0 Å². The number of aliphatic hydroxyl groups excluding tert-OH is 1. The van der Waals surface area contributed by atoms with Crippen molar-refractivity contribution in [1.29, 1.82) is 0 Å². The Morgan fingerprint density at radius 2 is 2.06 bits per heavy atom. The van der Waals surface area contributed by atoms with Crippen molar-refractivity contribution in [2.24, 2.45) is 5.16 Å². The molecular formula is C12H15NO3. The summed E-state index contributed by atoms with van der Waals surface area (Å²) < 4.78 is 0. The van der Waals surface area contributed by atoms with Gasteiger partial charge < -0.3 is 15.1 Å². The van der Waals surface area contributed by atoms with Crippen molar-refractivity contribution < 1.29 is 15.1 Å². The SMILES string of the molecule is OCCCC1(O)CC(c2ccccc2)=NO1. The second-order valence-electron chi connectivity index (χ2n) is 3.95. The highest BCUT2D eigenvalue weighted by molar-refractivity contribution is 6.01. The van der Waals surface area contributed by atoms with Crippen LogP contribution in [0.25, 0.3) is 0 Å². The fourth-order valence-corrected chi connectivity index (χ4v) is 1.74. The molecule has 1 atom stereocenters. The maximum absolute atomic E-state index is 10.0. The standard InChI is InChI=1S/C12H15NO3/c14-8-4-7-12(15)9-11(13-16-12)10-5-2-1-3-6-10/h1-3,5-6,14-15H,4,7-9H2. The third-order valence-corrected chi connectivity index (χ3v) is 2.60. The second-order valence-corrected chi connectivity index (χ2v) is 3.95. The first-order chi connectivity index (χ1) is 7.73. The lowest BCUT2D eigenvalue weighted by atomic mass is 10.00. The van der Waals surface area contributed by atoms with E-state index in [0.717, 1.165) is 11.3 Å². The Hall–Kier alpha value is -1.39. The molecular weight excluding hydrogens is 206 g/mol. The van der Waals surface area contributed by atoms with Crippen LogP contribution in [0, 0.1) is 0 Å². The molecule has 0 amide bonds. The minimum atomic E-state index is -1.24. The van der Waals surface area contributed by atoms with Crippen LogP contribution in [0.5, 0.6) is 0 Å². The van der Waals surface area contributed by atoms with Gasteiger partial charge in [-0.3, -0.25) is 0 Å². The number of rotatable bonds is 4. The molecule has 2 rings (SSSR count). The Labute approximate surface area is 94.2 Å². The van der Waals surface area contributed by atoms with Crippen LogP contribution in [0.3, 0.4) is 0 Å². The number of aliphatic hydroxyl groups is 2. The molecule has 0 saturated heterocycles. The van der Waals surface area contributed by atoms with Crippen LogP contribution in [-0.4, -0.2) is 28.3 Å². The third kappa shape index (κ3) is 2.40. The molecule has 0 radical (unpaired) electrons. The van der Waals surface area contributed by atoms with E-state index in [1.807, 2.05) is 30.3 Å². The van der Waals surface area contributed by atoms with Crippen molar-refractivity contribution in [1.82, 2.24) is 0 Å². The van der Waals surface area contributed by atoms with Gasteiger partial charge in [0, 0.05) is 13.0 Å². The molecule has 1 unspecified atom stereocenters. The monoisotopic (exact) mass is 221 g/mol. The van der Waals surface area contributed by atoms with Crippen molar-refractivity contribution in [2.75, 3.05) is 6.61 Å². The molecule has 0 aromatic heterocycles. The van der Waals surface area contributed by atoms with Gasteiger partial charge in [0.05, 0.1) is 12.1 Å². The Balaban J connectivity index is 2.02. The van der Waals surface area contributed by atoms with Gasteiger partial charge in [0.2, 0.25) is 5.79 Å². The summed E-state index contributed by atoms with van der Waals surface area (Å²) in [4.78, 5) is 5.04. The lowest BCUT2D eigenvalue weighted by molar-refractivity contribution is -0.190. The van der Waals surface area contributed by atoms with Gasteiger partial charge in [-0.15, -0.1) is 0 Å². The van der Waals surface area contributed by atoms with Gasteiger partial charge >= 0.3 is 0 Å². The molecule has 0 bridgehead atoms. The first-order valence-electron chi connectivity index (χ1n) is 5.37. The Morgan fingerprint density at radius 3 is 2.75 bits per heavy atom. The molecule has 86 valence electrons. The van der Waals surface area contributed by atoms with Gasteiger partial charge in [0.25, 0.3) is 0 Å². The van der Waals surface area contributed by atoms with Gasteiger partial charge in [-0.25, -0.2) is 0 Å². The smallest absolute Gasteiger partial charge is 0.240 e. The molecule has 4 nitrogen and oxygen atoms in total. The largest absolute Gasteiger partial charge is 0.396 e. The lowest BCUT2D eigenvalue weighted by Gasteiger charge is -2.18. The van der Waals surface area contributed by atoms with Gasteiger partial charge in [-0.05, 0) is 12.0 Å². The second kappa shape index (κ2) is 4.63. The first-order valence-corrected chi connectivity index (χ1v) is 5.37. The molecule has 16 heavy (non-hydrogen) atoms. The molecule has 0 saturated carbocycles. The highest BCUT2D eigenvalue weighted by atomic mass is 16.7.